The molecule has 1 unspecified atom stereocenters. The molecule has 0 radical (unpaired) electrons. The van der Waals surface area contributed by atoms with E-state index in [1.54, 1.807) is 0 Å². The molecular formula is C25H20F5N9. The van der Waals surface area contributed by atoms with Crippen molar-refractivity contribution in [2.45, 2.75) is 25.4 Å². The van der Waals surface area contributed by atoms with E-state index in [-0.39, 0.29) is 33.9 Å². The quantitative estimate of drug-likeness (QED) is 0.207. The van der Waals surface area contributed by atoms with Crippen LogP contribution in [0.5, 0.6) is 0 Å². The molecule has 1 atom stereocenters. The van der Waals surface area contributed by atoms with Crippen LogP contribution in [0.1, 0.15) is 47.6 Å². The summed E-state index contributed by atoms with van der Waals surface area (Å²) in [5.74, 6) is -3.58. The summed E-state index contributed by atoms with van der Waals surface area (Å²) in [6.07, 6.45) is 0.468. The molecule has 9 nitrogen and oxygen atoms in total. The minimum absolute atomic E-state index is 0.000815. The minimum atomic E-state index is -4.76. The summed E-state index contributed by atoms with van der Waals surface area (Å²) in [7, 11) is 1.40. The molecule has 0 aliphatic rings. The molecule has 0 fully saturated rings. The number of nitrogens with zero attached hydrogens (tertiary/aromatic N) is 8. The average molecular weight is 541 g/mol. The Kier molecular flexibility index (Phi) is 7.26. The van der Waals surface area contributed by atoms with E-state index in [1.165, 1.54) is 34.9 Å². The van der Waals surface area contributed by atoms with E-state index in [4.69, 9.17) is 5.73 Å². The lowest BCUT2D eigenvalue weighted by Gasteiger charge is -2.16. The van der Waals surface area contributed by atoms with Gasteiger partial charge in [0, 0.05) is 55.5 Å². The van der Waals surface area contributed by atoms with Crippen molar-refractivity contribution in [1.29, 1.82) is 5.26 Å². The van der Waals surface area contributed by atoms with Crippen molar-refractivity contribution in [1.82, 2.24) is 24.4 Å². The standard InChI is InChI=1S/C25H20F5N9/c1-4-16(14-11-37-38(12-14)19-6-5-15(26)7-18(19)27)21-17(8-31)20(22(23(32)33-2)39(21)34-3)13-9-35-24(36-10-13)25(28,29)30/h5-7,9-12,16H,3-4H2,1-2H3,(H2,32,33). The van der Waals surface area contributed by atoms with Crippen LogP contribution in [-0.4, -0.2) is 44.0 Å². The molecule has 14 heteroatoms. The van der Waals surface area contributed by atoms with E-state index in [9.17, 15) is 27.2 Å². The van der Waals surface area contributed by atoms with Gasteiger partial charge in [-0.25, -0.2) is 28.1 Å². The molecule has 0 amide bonds. The Labute approximate surface area is 218 Å². The molecule has 3 heterocycles. The monoisotopic (exact) mass is 541 g/mol. The number of hydrogen-bond donors (Lipinski definition) is 1. The van der Waals surface area contributed by atoms with Crippen LogP contribution in [0.15, 0.2) is 53.1 Å². The van der Waals surface area contributed by atoms with Gasteiger partial charge in [0.1, 0.15) is 29.1 Å². The second-order valence-corrected chi connectivity index (χ2v) is 8.23. The van der Waals surface area contributed by atoms with Crippen LogP contribution in [0.25, 0.3) is 16.8 Å². The Hall–Kier alpha value is -4.93. The lowest BCUT2D eigenvalue weighted by Crippen LogP contribution is -2.19. The van der Waals surface area contributed by atoms with Crippen molar-refractivity contribution in [3.63, 3.8) is 0 Å². The van der Waals surface area contributed by atoms with E-state index >= 15 is 0 Å². The van der Waals surface area contributed by atoms with Gasteiger partial charge in [-0.1, -0.05) is 6.92 Å². The van der Waals surface area contributed by atoms with Crippen LogP contribution >= 0.6 is 0 Å². The van der Waals surface area contributed by atoms with Gasteiger partial charge in [-0.05, 0) is 24.1 Å². The van der Waals surface area contributed by atoms with Gasteiger partial charge in [-0.15, -0.1) is 0 Å². The Bertz CT molecular complexity index is 1610. The second-order valence-electron chi connectivity index (χ2n) is 8.23. The number of aliphatic imine (C=N–C) groups is 1. The fourth-order valence-electron chi connectivity index (χ4n) is 4.29. The predicted molar refractivity (Wildman–Crippen MR) is 132 cm³/mol. The van der Waals surface area contributed by atoms with Gasteiger partial charge in [-0.3, -0.25) is 4.99 Å². The van der Waals surface area contributed by atoms with Crippen LogP contribution in [0.4, 0.5) is 22.0 Å². The average Bonchev–Trinajstić information content (AvgIpc) is 3.51. The summed E-state index contributed by atoms with van der Waals surface area (Å²) in [6.45, 7) is 5.41. The number of halogens is 5. The molecule has 4 aromatic rings. The molecule has 0 aliphatic carbocycles. The van der Waals surface area contributed by atoms with Gasteiger partial charge >= 0.3 is 6.18 Å². The minimum Gasteiger partial charge on any atom is -0.382 e. The number of nitriles is 1. The summed E-state index contributed by atoms with van der Waals surface area (Å²) in [4.78, 5) is 10.8. The lowest BCUT2D eigenvalue weighted by atomic mass is 9.91. The van der Waals surface area contributed by atoms with Gasteiger partial charge < -0.3 is 5.73 Å². The van der Waals surface area contributed by atoms with Crippen LogP contribution in [-0.2, 0) is 6.18 Å². The number of nitrogens with two attached hydrogens (primary N) is 1. The van der Waals surface area contributed by atoms with Crippen molar-refractivity contribution in [2.24, 2.45) is 15.8 Å². The van der Waals surface area contributed by atoms with Crippen LogP contribution in [0, 0.1) is 23.0 Å². The van der Waals surface area contributed by atoms with Crippen LogP contribution in [0.3, 0.4) is 0 Å². The maximum Gasteiger partial charge on any atom is 0.451 e. The fourth-order valence-corrected chi connectivity index (χ4v) is 4.29. The second kappa shape index (κ2) is 10.4. The highest BCUT2D eigenvalue weighted by Gasteiger charge is 2.36. The highest BCUT2D eigenvalue weighted by Crippen LogP contribution is 2.40. The number of benzene rings is 1. The maximum absolute atomic E-state index is 14.4. The maximum atomic E-state index is 14.4. The van der Waals surface area contributed by atoms with E-state index < -0.39 is 29.6 Å². The zero-order valence-electron chi connectivity index (χ0n) is 20.6. The fraction of sp³-hybridized carbons (Fsp3) is 0.200. The Morgan fingerprint density at radius 2 is 1.90 bits per heavy atom. The van der Waals surface area contributed by atoms with Gasteiger partial charge in [0.15, 0.2) is 5.82 Å². The van der Waals surface area contributed by atoms with Crippen LogP contribution < -0.4 is 5.73 Å². The highest BCUT2D eigenvalue weighted by molar-refractivity contribution is 6.04. The first-order valence-electron chi connectivity index (χ1n) is 11.3. The normalized spacial score (nSPS) is 12.8. The summed E-state index contributed by atoms with van der Waals surface area (Å²) in [6, 6.07) is 5.15. The van der Waals surface area contributed by atoms with Gasteiger partial charge in [0.25, 0.3) is 0 Å². The zero-order chi connectivity index (χ0) is 28.5. The smallest absolute Gasteiger partial charge is 0.382 e. The van der Waals surface area contributed by atoms with Crippen LogP contribution in [0.2, 0.25) is 0 Å². The van der Waals surface area contributed by atoms with E-state index in [2.05, 4.69) is 37.9 Å². The molecule has 0 aliphatic heterocycles. The Morgan fingerprint density at radius 3 is 2.44 bits per heavy atom. The summed E-state index contributed by atoms with van der Waals surface area (Å²) in [5, 5.41) is 18.5. The van der Waals surface area contributed by atoms with E-state index in [0.29, 0.717) is 17.7 Å². The number of amidine groups is 1. The predicted octanol–water partition coefficient (Wildman–Crippen LogP) is 4.64. The topological polar surface area (TPSA) is 123 Å². The van der Waals surface area contributed by atoms with Crippen molar-refractivity contribution >= 4 is 12.6 Å². The number of hydrogen-bond acceptors (Lipinski definition) is 6. The molecule has 2 N–H and O–H groups in total. The van der Waals surface area contributed by atoms with Crippen molar-refractivity contribution in [2.75, 3.05) is 7.05 Å². The molecule has 1 aromatic carbocycles. The molecule has 0 bridgehead atoms. The molecule has 4 rings (SSSR count). The molecule has 0 saturated carbocycles. The van der Waals surface area contributed by atoms with Gasteiger partial charge in [0.2, 0.25) is 5.82 Å². The third-order valence-electron chi connectivity index (χ3n) is 6.01. The number of alkyl halides is 3. The van der Waals surface area contributed by atoms with Gasteiger partial charge in [-0.2, -0.15) is 28.6 Å². The highest BCUT2D eigenvalue weighted by atomic mass is 19.4. The lowest BCUT2D eigenvalue weighted by molar-refractivity contribution is -0.144. The van der Waals surface area contributed by atoms with Crippen molar-refractivity contribution < 1.29 is 22.0 Å². The first-order valence-corrected chi connectivity index (χ1v) is 11.3. The molecular weight excluding hydrogens is 521 g/mol. The first-order chi connectivity index (χ1) is 18.5. The molecule has 0 saturated heterocycles. The number of rotatable bonds is 7. The molecule has 3 aromatic heterocycles. The Balaban J connectivity index is 1.94. The number of aromatic nitrogens is 5. The van der Waals surface area contributed by atoms with Crippen molar-refractivity contribution in [3.8, 4) is 22.9 Å². The SMILES string of the molecule is C=Nn1c(/C(N)=N\C)c(-c2cnc(C(F)(F)F)nc2)c(C#N)c1C(CC)c1cnn(-c2ccc(F)cc2F)c1. The summed E-state index contributed by atoms with van der Waals surface area (Å²) in [5.41, 5.74) is 7.32. The van der Waals surface area contributed by atoms with E-state index in [1.807, 2.05) is 6.92 Å². The molecule has 200 valence electrons. The van der Waals surface area contributed by atoms with Gasteiger partial charge in [0.05, 0.1) is 17.5 Å². The first kappa shape index (κ1) is 27.1. The zero-order valence-corrected chi connectivity index (χ0v) is 20.6. The Morgan fingerprint density at radius 1 is 1.21 bits per heavy atom. The van der Waals surface area contributed by atoms with Crippen molar-refractivity contribution in [3.05, 3.63) is 83.0 Å². The molecule has 39 heavy (non-hydrogen) atoms. The van der Waals surface area contributed by atoms with E-state index in [0.717, 1.165) is 24.5 Å². The largest absolute Gasteiger partial charge is 0.451 e. The summed E-state index contributed by atoms with van der Waals surface area (Å²) < 4.78 is 69.5. The third kappa shape index (κ3) is 4.86. The third-order valence-corrected chi connectivity index (χ3v) is 6.01. The summed E-state index contributed by atoms with van der Waals surface area (Å²) >= 11 is 0. The molecule has 0 spiro atoms.